The van der Waals surface area contributed by atoms with E-state index >= 15 is 0 Å². The van der Waals surface area contributed by atoms with E-state index in [2.05, 4.69) is 83.1 Å². The van der Waals surface area contributed by atoms with E-state index in [9.17, 15) is 0 Å². The maximum Gasteiger partial charge on any atom is 0.0392 e. The highest BCUT2D eigenvalue weighted by atomic mass is 31.1. The number of allylic oxidation sites excluding steroid dienone is 8. The standard InChI is InChI=1S/C23H32NP/c1-16-12-10-8-9-11-13-20(16)21-17(2)18(3)22(23(5,6)19(21)4)24-14-25(7)15-24/h8,11-13,17H,9,14-15H2,1-7H3. The van der Waals surface area contributed by atoms with Gasteiger partial charge in [-0.05, 0) is 68.3 Å². The van der Waals surface area contributed by atoms with E-state index in [4.69, 9.17) is 0 Å². The fourth-order valence-electron chi connectivity index (χ4n) is 4.53. The maximum atomic E-state index is 3.32. The second-order valence-electron chi connectivity index (χ2n) is 8.35. The van der Waals surface area contributed by atoms with Crippen LogP contribution in [0.15, 0.2) is 63.6 Å². The van der Waals surface area contributed by atoms with Crippen molar-refractivity contribution < 1.29 is 0 Å². The number of rotatable bonds is 2. The molecular formula is C23H32NP. The first kappa shape index (κ1) is 18.5. The lowest BCUT2D eigenvalue weighted by atomic mass is 9.66. The molecule has 1 saturated heterocycles. The fraction of sp³-hybridized carbons (Fsp3) is 0.522. The van der Waals surface area contributed by atoms with Gasteiger partial charge in [0.1, 0.15) is 0 Å². The van der Waals surface area contributed by atoms with Crippen molar-refractivity contribution in [1.29, 1.82) is 0 Å². The molecular weight excluding hydrogens is 321 g/mol. The molecule has 0 radical (unpaired) electrons. The van der Waals surface area contributed by atoms with Crippen LogP contribution in [0.5, 0.6) is 0 Å². The molecule has 0 aromatic heterocycles. The van der Waals surface area contributed by atoms with Crippen LogP contribution >= 0.6 is 7.92 Å². The first-order valence-electron chi connectivity index (χ1n) is 9.39. The van der Waals surface area contributed by atoms with Gasteiger partial charge in [0.15, 0.2) is 0 Å². The SMILES string of the molecule is CC1=C(C2=C(C)C(C)(C)C(N3CP(C)C3)=C(C)C2C)C=CCC=C=C1. The Morgan fingerprint density at radius 2 is 1.88 bits per heavy atom. The highest BCUT2D eigenvalue weighted by Crippen LogP contribution is 2.55. The van der Waals surface area contributed by atoms with Crippen LogP contribution in [-0.2, 0) is 0 Å². The second-order valence-corrected chi connectivity index (χ2v) is 10.6. The minimum atomic E-state index is 0.103. The predicted octanol–water partition coefficient (Wildman–Crippen LogP) is 6.58. The van der Waals surface area contributed by atoms with Crippen molar-refractivity contribution in [1.82, 2.24) is 4.90 Å². The third-order valence-corrected chi connectivity index (χ3v) is 7.85. The zero-order chi connectivity index (χ0) is 18.4. The first-order chi connectivity index (χ1) is 11.7. The molecule has 1 atom stereocenters. The predicted molar refractivity (Wildman–Crippen MR) is 112 cm³/mol. The molecule has 0 saturated carbocycles. The summed E-state index contributed by atoms with van der Waals surface area (Å²) in [6.45, 7) is 16.6. The second kappa shape index (κ2) is 6.79. The van der Waals surface area contributed by atoms with Crippen molar-refractivity contribution in [2.24, 2.45) is 11.3 Å². The van der Waals surface area contributed by atoms with E-state index in [-0.39, 0.29) is 13.3 Å². The van der Waals surface area contributed by atoms with Crippen molar-refractivity contribution in [3.05, 3.63) is 63.6 Å². The molecule has 0 amide bonds. The summed E-state index contributed by atoms with van der Waals surface area (Å²) in [7, 11) is 0.231. The summed E-state index contributed by atoms with van der Waals surface area (Å²) in [5, 5.41) is 0. The molecule has 1 fully saturated rings. The lowest BCUT2D eigenvalue weighted by Crippen LogP contribution is -2.43. The van der Waals surface area contributed by atoms with Crippen LogP contribution in [0.4, 0.5) is 0 Å². The largest absolute Gasteiger partial charge is 0.366 e. The minimum absolute atomic E-state index is 0.103. The Balaban J connectivity index is 2.12. The third-order valence-electron chi connectivity index (χ3n) is 6.20. The number of nitrogens with zero attached hydrogens (tertiary/aromatic N) is 1. The topological polar surface area (TPSA) is 3.24 Å². The minimum Gasteiger partial charge on any atom is -0.366 e. The van der Waals surface area contributed by atoms with Crippen molar-refractivity contribution in [3.63, 3.8) is 0 Å². The molecule has 3 rings (SSSR count). The van der Waals surface area contributed by atoms with Crippen molar-refractivity contribution >= 4 is 7.92 Å². The van der Waals surface area contributed by atoms with Crippen LogP contribution in [0.25, 0.3) is 0 Å². The third kappa shape index (κ3) is 3.14. The molecule has 1 nitrogen and oxygen atoms in total. The molecule has 0 aromatic rings. The average molecular weight is 353 g/mol. The molecule has 25 heavy (non-hydrogen) atoms. The molecule has 1 aliphatic heterocycles. The first-order valence-corrected chi connectivity index (χ1v) is 11.6. The Bertz CT molecular complexity index is 760. The molecule has 0 spiro atoms. The lowest BCUT2D eigenvalue weighted by molar-refractivity contribution is 0.304. The van der Waals surface area contributed by atoms with E-state index in [0.29, 0.717) is 5.92 Å². The smallest absolute Gasteiger partial charge is 0.0392 e. The summed E-state index contributed by atoms with van der Waals surface area (Å²) in [5.74, 6) is 0.470. The molecule has 2 heteroatoms. The van der Waals surface area contributed by atoms with Gasteiger partial charge in [-0.3, -0.25) is 0 Å². The highest BCUT2D eigenvalue weighted by molar-refractivity contribution is 7.58. The summed E-state index contributed by atoms with van der Waals surface area (Å²) in [5.41, 5.74) is 12.3. The lowest BCUT2D eigenvalue weighted by Gasteiger charge is -2.51. The van der Waals surface area contributed by atoms with E-state index in [1.165, 1.54) is 34.9 Å². The van der Waals surface area contributed by atoms with Crippen molar-refractivity contribution in [2.45, 2.75) is 48.0 Å². The van der Waals surface area contributed by atoms with Crippen LogP contribution in [0, 0.1) is 11.3 Å². The highest BCUT2D eigenvalue weighted by Gasteiger charge is 2.42. The Morgan fingerprint density at radius 1 is 1.20 bits per heavy atom. The molecule has 0 aromatic carbocycles. The van der Waals surface area contributed by atoms with E-state index in [0.717, 1.165) is 6.42 Å². The Labute approximate surface area is 155 Å². The maximum absolute atomic E-state index is 3.32. The van der Waals surface area contributed by atoms with Gasteiger partial charge in [-0.1, -0.05) is 46.4 Å². The Kier molecular flexibility index (Phi) is 5.02. The van der Waals surface area contributed by atoms with Gasteiger partial charge in [0.25, 0.3) is 0 Å². The summed E-state index contributed by atoms with van der Waals surface area (Å²) < 4.78 is 0. The fourth-order valence-corrected chi connectivity index (χ4v) is 5.90. The van der Waals surface area contributed by atoms with Gasteiger partial charge in [-0.25, -0.2) is 0 Å². The monoisotopic (exact) mass is 353 g/mol. The van der Waals surface area contributed by atoms with Gasteiger partial charge in [0, 0.05) is 29.6 Å². The quantitative estimate of drug-likeness (QED) is 0.400. The van der Waals surface area contributed by atoms with Gasteiger partial charge < -0.3 is 4.90 Å². The van der Waals surface area contributed by atoms with Gasteiger partial charge >= 0.3 is 0 Å². The van der Waals surface area contributed by atoms with Crippen LogP contribution in [0.1, 0.15) is 48.0 Å². The van der Waals surface area contributed by atoms with Gasteiger partial charge in [0.05, 0.1) is 0 Å². The molecule has 3 aliphatic rings. The van der Waals surface area contributed by atoms with Crippen molar-refractivity contribution in [3.8, 4) is 0 Å². The van der Waals surface area contributed by atoms with Gasteiger partial charge in [0.2, 0.25) is 0 Å². The summed E-state index contributed by atoms with van der Waals surface area (Å²) in [4.78, 5) is 2.65. The van der Waals surface area contributed by atoms with Crippen LogP contribution in [0.2, 0.25) is 0 Å². The summed E-state index contributed by atoms with van der Waals surface area (Å²) in [6.07, 6.45) is 12.4. The Morgan fingerprint density at radius 3 is 2.52 bits per heavy atom. The molecule has 1 heterocycles. The molecule has 0 N–H and O–H groups in total. The van der Waals surface area contributed by atoms with Crippen molar-refractivity contribution in [2.75, 3.05) is 19.2 Å². The summed E-state index contributed by atoms with van der Waals surface area (Å²) in [6, 6.07) is 0. The average Bonchev–Trinajstić information content (AvgIpc) is 2.50. The van der Waals surface area contributed by atoms with Gasteiger partial charge in [-0.15, -0.1) is 5.73 Å². The van der Waals surface area contributed by atoms with E-state index in [1.54, 1.807) is 11.3 Å². The van der Waals surface area contributed by atoms with Crippen LogP contribution in [-0.4, -0.2) is 24.1 Å². The normalized spacial score (nSPS) is 27.0. The molecule has 0 bridgehead atoms. The number of hydrogen-bond donors (Lipinski definition) is 0. The van der Waals surface area contributed by atoms with Crippen LogP contribution in [0.3, 0.4) is 0 Å². The molecule has 1 unspecified atom stereocenters. The van der Waals surface area contributed by atoms with E-state index in [1.807, 2.05) is 0 Å². The molecule has 134 valence electrons. The Hall–Kier alpha value is -1.29. The van der Waals surface area contributed by atoms with Crippen LogP contribution < -0.4 is 0 Å². The zero-order valence-corrected chi connectivity index (χ0v) is 17.8. The zero-order valence-electron chi connectivity index (χ0n) is 16.9. The number of hydrogen-bond acceptors (Lipinski definition) is 1. The van der Waals surface area contributed by atoms with E-state index < -0.39 is 0 Å². The molecule has 2 aliphatic carbocycles. The summed E-state index contributed by atoms with van der Waals surface area (Å²) >= 11 is 0. The van der Waals surface area contributed by atoms with Gasteiger partial charge in [-0.2, -0.15) is 0 Å².